The van der Waals surface area contributed by atoms with Crippen LogP contribution in [0.2, 0.25) is 5.15 Å². The Balaban J connectivity index is 2.30. The molecule has 0 saturated carbocycles. The molecule has 17 heavy (non-hydrogen) atoms. The van der Waals surface area contributed by atoms with Crippen LogP contribution in [-0.4, -0.2) is 16.3 Å². The van der Waals surface area contributed by atoms with Crippen LogP contribution >= 0.6 is 11.6 Å². The van der Waals surface area contributed by atoms with E-state index >= 15 is 0 Å². The van der Waals surface area contributed by atoms with Crippen molar-refractivity contribution in [3.63, 3.8) is 0 Å². The Morgan fingerprint density at radius 2 is 2.24 bits per heavy atom. The quantitative estimate of drug-likeness (QED) is 0.906. The molecule has 2 aromatic rings. The summed E-state index contributed by atoms with van der Waals surface area (Å²) in [6.45, 7) is 2.72. The third kappa shape index (κ3) is 2.68. The minimum absolute atomic E-state index is 0.673. The van der Waals surface area contributed by atoms with Crippen molar-refractivity contribution in [1.29, 1.82) is 0 Å². The number of aryl methyl sites for hydroxylation is 2. The molecule has 0 amide bonds. The summed E-state index contributed by atoms with van der Waals surface area (Å²) in [7, 11) is 0. The van der Waals surface area contributed by atoms with Gasteiger partial charge < -0.3 is 5.73 Å². The Morgan fingerprint density at radius 3 is 2.94 bits per heavy atom. The van der Waals surface area contributed by atoms with Gasteiger partial charge in [-0.05, 0) is 44.0 Å². The fraction of sp³-hybridized carbons (Fsp3) is 0.308. The summed E-state index contributed by atoms with van der Waals surface area (Å²) in [5.41, 5.74) is 8.73. The van der Waals surface area contributed by atoms with E-state index in [-0.39, 0.29) is 0 Å². The second kappa shape index (κ2) is 5.34. The van der Waals surface area contributed by atoms with Gasteiger partial charge in [0.1, 0.15) is 5.15 Å². The maximum absolute atomic E-state index is 6.31. The van der Waals surface area contributed by atoms with Gasteiger partial charge in [0.15, 0.2) is 0 Å². The van der Waals surface area contributed by atoms with Crippen molar-refractivity contribution in [2.45, 2.75) is 19.8 Å². The monoisotopic (exact) mass is 249 g/mol. The van der Waals surface area contributed by atoms with Crippen molar-refractivity contribution in [2.75, 3.05) is 6.54 Å². The van der Waals surface area contributed by atoms with Gasteiger partial charge in [-0.2, -0.15) is 5.10 Å². The number of hydrogen-bond acceptors (Lipinski definition) is 2. The lowest BCUT2D eigenvalue weighted by Gasteiger charge is -2.04. The molecule has 0 aliphatic carbocycles. The van der Waals surface area contributed by atoms with Gasteiger partial charge in [0.05, 0.1) is 11.9 Å². The molecule has 4 heteroatoms. The van der Waals surface area contributed by atoms with Gasteiger partial charge in [-0.15, -0.1) is 0 Å². The van der Waals surface area contributed by atoms with Gasteiger partial charge in [0.2, 0.25) is 0 Å². The smallest absolute Gasteiger partial charge is 0.136 e. The summed E-state index contributed by atoms with van der Waals surface area (Å²) in [4.78, 5) is 0. The largest absolute Gasteiger partial charge is 0.330 e. The van der Waals surface area contributed by atoms with Gasteiger partial charge in [-0.25, -0.2) is 4.68 Å². The first-order chi connectivity index (χ1) is 8.22. The Kier molecular flexibility index (Phi) is 3.82. The van der Waals surface area contributed by atoms with E-state index in [2.05, 4.69) is 24.2 Å². The van der Waals surface area contributed by atoms with E-state index in [1.165, 1.54) is 5.56 Å². The van der Waals surface area contributed by atoms with Crippen LogP contribution in [0.4, 0.5) is 0 Å². The third-order valence-corrected chi connectivity index (χ3v) is 3.08. The van der Waals surface area contributed by atoms with E-state index in [4.69, 9.17) is 17.3 Å². The van der Waals surface area contributed by atoms with E-state index < -0.39 is 0 Å². The van der Waals surface area contributed by atoms with Crippen LogP contribution in [0, 0.1) is 6.92 Å². The van der Waals surface area contributed by atoms with Crippen molar-refractivity contribution in [1.82, 2.24) is 9.78 Å². The predicted molar refractivity (Wildman–Crippen MR) is 70.7 cm³/mol. The highest BCUT2D eigenvalue weighted by molar-refractivity contribution is 6.30. The number of hydrogen-bond donors (Lipinski definition) is 1. The standard InChI is InChI=1S/C13H16ClN3/c1-10-4-2-6-12(8-10)17-13(14)11(9-16-17)5-3-7-15/h2,4,6,8-9H,3,5,7,15H2,1H3. The summed E-state index contributed by atoms with van der Waals surface area (Å²) in [6.07, 6.45) is 3.63. The van der Waals surface area contributed by atoms with Crippen LogP contribution in [0.3, 0.4) is 0 Å². The van der Waals surface area contributed by atoms with Crippen LogP contribution in [0.15, 0.2) is 30.5 Å². The molecule has 0 atom stereocenters. The summed E-state index contributed by atoms with van der Waals surface area (Å²) in [5.74, 6) is 0. The fourth-order valence-electron chi connectivity index (χ4n) is 1.77. The molecule has 1 heterocycles. The molecular formula is C13H16ClN3. The number of rotatable bonds is 4. The van der Waals surface area contributed by atoms with E-state index in [1.807, 2.05) is 18.3 Å². The lowest BCUT2D eigenvalue weighted by atomic mass is 10.2. The van der Waals surface area contributed by atoms with Gasteiger partial charge in [0.25, 0.3) is 0 Å². The lowest BCUT2D eigenvalue weighted by molar-refractivity contribution is 0.831. The fourth-order valence-corrected chi connectivity index (χ4v) is 2.05. The Morgan fingerprint density at radius 1 is 1.41 bits per heavy atom. The van der Waals surface area contributed by atoms with Crippen molar-refractivity contribution in [3.05, 3.63) is 46.7 Å². The third-order valence-electron chi connectivity index (χ3n) is 2.68. The van der Waals surface area contributed by atoms with E-state index in [1.54, 1.807) is 4.68 Å². The average molecular weight is 250 g/mol. The van der Waals surface area contributed by atoms with Crippen LogP contribution < -0.4 is 5.73 Å². The molecule has 2 rings (SSSR count). The number of benzene rings is 1. The Hall–Kier alpha value is -1.32. The zero-order valence-corrected chi connectivity index (χ0v) is 10.6. The highest BCUT2D eigenvalue weighted by Crippen LogP contribution is 2.21. The highest BCUT2D eigenvalue weighted by atomic mass is 35.5. The molecule has 0 aliphatic heterocycles. The van der Waals surface area contributed by atoms with Crippen LogP contribution in [-0.2, 0) is 6.42 Å². The van der Waals surface area contributed by atoms with Crippen LogP contribution in [0.1, 0.15) is 17.5 Å². The molecule has 0 bridgehead atoms. The molecule has 0 saturated heterocycles. The minimum Gasteiger partial charge on any atom is -0.330 e. The molecule has 1 aromatic carbocycles. The van der Waals surface area contributed by atoms with Crippen molar-refractivity contribution in [3.8, 4) is 5.69 Å². The molecule has 1 aromatic heterocycles. The number of halogens is 1. The van der Waals surface area contributed by atoms with Gasteiger partial charge in [-0.1, -0.05) is 23.7 Å². The van der Waals surface area contributed by atoms with Crippen molar-refractivity contribution in [2.24, 2.45) is 5.73 Å². The first-order valence-corrected chi connectivity index (χ1v) is 6.09. The summed E-state index contributed by atoms with van der Waals surface area (Å²) < 4.78 is 1.76. The molecule has 0 unspecified atom stereocenters. The zero-order chi connectivity index (χ0) is 12.3. The van der Waals surface area contributed by atoms with Crippen molar-refractivity contribution < 1.29 is 0 Å². The average Bonchev–Trinajstić information content (AvgIpc) is 2.68. The molecule has 2 N–H and O–H groups in total. The Bertz CT molecular complexity index is 505. The summed E-state index contributed by atoms with van der Waals surface area (Å²) >= 11 is 6.31. The van der Waals surface area contributed by atoms with Crippen LogP contribution in [0.5, 0.6) is 0 Å². The van der Waals surface area contributed by atoms with Gasteiger partial charge in [-0.3, -0.25) is 0 Å². The molecule has 0 spiro atoms. The van der Waals surface area contributed by atoms with Gasteiger partial charge in [0, 0.05) is 5.56 Å². The first-order valence-electron chi connectivity index (χ1n) is 5.72. The normalized spacial score (nSPS) is 10.8. The number of nitrogens with zero attached hydrogens (tertiary/aromatic N) is 2. The van der Waals surface area contributed by atoms with E-state index in [0.29, 0.717) is 11.7 Å². The first kappa shape index (κ1) is 12.1. The second-order valence-corrected chi connectivity index (χ2v) is 4.46. The molecule has 0 fully saturated rings. The molecule has 0 radical (unpaired) electrons. The zero-order valence-electron chi connectivity index (χ0n) is 9.86. The minimum atomic E-state index is 0.673. The lowest BCUT2D eigenvalue weighted by Crippen LogP contribution is -2.00. The topological polar surface area (TPSA) is 43.8 Å². The molecule has 0 aliphatic rings. The maximum atomic E-state index is 6.31. The molecule has 3 nitrogen and oxygen atoms in total. The maximum Gasteiger partial charge on any atom is 0.136 e. The molecule has 90 valence electrons. The summed E-state index contributed by atoms with van der Waals surface area (Å²) in [5, 5.41) is 5.01. The van der Waals surface area contributed by atoms with Crippen LogP contribution in [0.25, 0.3) is 5.69 Å². The molecular weight excluding hydrogens is 234 g/mol. The van der Waals surface area contributed by atoms with Gasteiger partial charge >= 0.3 is 0 Å². The highest BCUT2D eigenvalue weighted by Gasteiger charge is 2.09. The number of nitrogens with two attached hydrogens (primary N) is 1. The van der Waals surface area contributed by atoms with E-state index in [9.17, 15) is 0 Å². The second-order valence-electron chi connectivity index (χ2n) is 4.10. The Labute approximate surface area is 106 Å². The predicted octanol–water partition coefficient (Wildman–Crippen LogP) is 2.73. The van der Waals surface area contributed by atoms with Crippen molar-refractivity contribution >= 4 is 11.6 Å². The van der Waals surface area contributed by atoms with E-state index in [0.717, 1.165) is 24.1 Å². The summed E-state index contributed by atoms with van der Waals surface area (Å²) in [6, 6.07) is 8.11. The SMILES string of the molecule is Cc1cccc(-n2ncc(CCCN)c2Cl)c1. The number of aromatic nitrogens is 2.